The molecule has 4 rings (SSSR count). The summed E-state index contributed by atoms with van der Waals surface area (Å²) >= 11 is 0. The summed E-state index contributed by atoms with van der Waals surface area (Å²) in [6.07, 6.45) is 4.45. The van der Waals surface area contributed by atoms with Gasteiger partial charge < -0.3 is 0 Å². The lowest BCUT2D eigenvalue weighted by Gasteiger charge is -2.41. The molecule has 0 radical (unpaired) electrons. The summed E-state index contributed by atoms with van der Waals surface area (Å²) in [5, 5.41) is -3.90. The van der Waals surface area contributed by atoms with Crippen molar-refractivity contribution in [1.82, 2.24) is 0 Å². The molecule has 0 aromatic rings. The summed E-state index contributed by atoms with van der Waals surface area (Å²) < 4.78 is 74.7. The van der Waals surface area contributed by atoms with Crippen LogP contribution in [0.25, 0.3) is 0 Å². The molecule has 8 atom stereocenters. The summed E-state index contributed by atoms with van der Waals surface area (Å²) in [5.41, 5.74) is 0. The third kappa shape index (κ3) is 2.31. The number of alkyl halides is 2. The first-order valence-electron chi connectivity index (χ1n) is 8.66. The minimum absolute atomic E-state index is 0.156. The monoisotopic (exact) mass is 382 g/mol. The zero-order chi connectivity index (χ0) is 17.7. The molecular weight excluding hydrogens is 358 g/mol. The highest BCUT2D eigenvalue weighted by molar-refractivity contribution is 7.91. The molecule has 0 spiro atoms. The van der Waals surface area contributed by atoms with Crippen molar-refractivity contribution in [2.45, 2.75) is 42.6 Å². The Morgan fingerprint density at radius 1 is 0.875 bits per heavy atom. The molecule has 0 aromatic carbocycles. The van der Waals surface area contributed by atoms with Crippen LogP contribution in [-0.2, 0) is 19.7 Å². The summed E-state index contributed by atoms with van der Waals surface area (Å²) in [6, 6.07) is 0. The van der Waals surface area contributed by atoms with Crippen LogP contribution in [0.2, 0.25) is 0 Å². The Morgan fingerprint density at radius 2 is 1.42 bits per heavy atom. The molecule has 4 fully saturated rings. The van der Waals surface area contributed by atoms with Gasteiger partial charge in [-0.05, 0) is 67.1 Å². The Kier molecular flexibility index (Phi) is 3.53. The predicted octanol–water partition coefficient (Wildman–Crippen LogP) is 2.36. The Morgan fingerprint density at radius 3 is 2.00 bits per heavy atom. The van der Waals surface area contributed by atoms with Gasteiger partial charge in [-0.25, -0.2) is 16.8 Å². The van der Waals surface area contributed by atoms with Gasteiger partial charge >= 0.3 is 5.25 Å². The van der Waals surface area contributed by atoms with Crippen LogP contribution in [0.3, 0.4) is 0 Å². The Balaban J connectivity index is 1.54. The fourth-order valence-corrected chi connectivity index (χ4v) is 8.90. The van der Waals surface area contributed by atoms with Gasteiger partial charge in [-0.1, -0.05) is 0 Å². The van der Waals surface area contributed by atoms with Gasteiger partial charge in [-0.15, -0.1) is 0 Å². The van der Waals surface area contributed by atoms with Crippen LogP contribution in [0.5, 0.6) is 0 Å². The van der Waals surface area contributed by atoms with E-state index in [4.69, 9.17) is 0 Å². The van der Waals surface area contributed by atoms with E-state index < -0.39 is 31.3 Å². The SMILES string of the molecule is CS(=O)(=O)C1CC2CC1C1C3CC(CC(F)(F)S(C)(=O)=O)C(C3)C21. The zero-order valence-electron chi connectivity index (χ0n) is 13.9. The Hall–Kier alpha value is -0.240. The molecule has 8 heteroatoms. The molecule has 4 nitrogen and oxygen atoms in total. The first-order valence-corrected chi connectivity index (χ1v) is 12.5. The second-order valence-electron chi connectivity index (χ2n) is 8.69. The minimum atomic E-state index is -4.38. The van der Waals surface area contributed by atoms with Gasteiger partial charge in [0.05, 0.1) is 5.25 Å². The van der Waals surface area contributed by atoms with E-state index in [1.807, 2.05) is 0 Å². The van der Waals surface area contributed by atoms with E-state index in [0.29, 0.717) is 42.8 Å². The molecule has 4 aliphatic rings. The predicted molar refractivity (Wildman–Crippen MR) is 85.9 cm³/mol. The highest BCUT2D eigenvalue weighted by Crippen LogP contribution is 2.70. The molecule has 4 bridgehead atoms. The highest BCUT2D eigenvalue weighted by Gasteiger charge is 2.66. The normalized spacial score (nSPS) is 47.3. The summed E-state index contributed by atoms with van der Waals surface area (Å²) in [5.74, 6) is 1.44. The second-order valence-corrected chi connectivity index (χ2v) is 13.1. The molecule has 0 aliphatic heterocycles. The minimum Gasteiger partial charge on any atom is -0.229 e. The number of hydrogen-bond acceptors (Lipinski definition) is 4. The molecule has 0 saturated heterocycles. The van der Waals surface area contributed by atoms with Crippen molar-refractivity contribution < 1.29 is 25.6 Å². The molecule has 0 amide bonds. The van der Waals surface area contributed by atoms with Gasteiger partial charge in [0, 0.05) is 18.9 Å². The number of rotatable bonds is 4. The van der Waals surface area contributed by atoms with Crippen LogP contribution in [0.1, 0.15) is 32.1 Å². The van der Waals surface area contributed by atoms with Crippen LogP contribution < -0.4 is 0 Å². The number of halogens is 2. The largest absolute Gasteiger partial charge is 0.345 e. The van der Waals surface area contributed by atoms with Gasteiger partial charge in [0.25, 0.3) is 0 Å². The van der Waals surface area contributed by atoms with Crippen LogP contribution in [0, 0.1) is 41.4 Å². The highest BCUT2D eigenvalue weighted by atomic mass is 32.2. The Labute approximate surface area is 142 Å². The van der Waals surface area contributed by atoms with Gasteiger partial charge in [0.2, 0.25) is 9.84 Å². The van der Waals surface area contributed by atoms with Crippen molar-refractivity contribution in [2.75, 3.05) is 12.5 Å². The fraction of sp³-hybridized carbons (Fsp3) is 1.00. The van der Waals surface area contributed by atoms with Crippen LogP contribution >= 0.6 is 0 Å². The van der Waals surface area contributed by atoms with Crippen LogP contribution in [-0.4, -0.2) is 39.9 Å². The van der Waals surface area contributed by atoms with E-state index in [1.54, 1.807) is 0 Å². The zero-order valence-corrected chi connectivity index (χ0v) is 15.5. The van der Waals surface area contributed by atoms with Crippen molar-refractivity contribution in [1.29, 1.82) is 0 Å². The first kappa shape index (κ1) is 17.2. The van der Waals surface area contributed by atoms with E-state index >= 15 is 0 Å². The van der Waals surface area contributed by atoms with Crippen molar-refractivity contribution in [3.05, 3.63) is 0 Å². The average Bonchev–Trinajstić information content (AvgIpc) is 3.12. The number of sulfone groups is 2. The van der Waals surface area contributed by atoms with Crippen LogP contribution in [0.4, 0.5) is 8.78 Å². The summed E-state index contributed by atoms with van der Waals surface area (Å²) in [7, 11) is -7.43. The van der Waals surface area contributed by atoms with Gasteiger partial charge in [-0.3, -0.25) is 0 Å². The third-order valence-electron chi connectivity index (χ3n) is 7.49. The fourth-order valence-electron chi connectivity index (χ4n) is 6.86. The molecule has 4 aliphatic carbocycles. The summed E-state index contributed by atoms with van der Waals surface area (Å²) in [4.78, 5) is 0. The lowest BCUT2D eigenvalue weighted by atomic mass is 9.67. The molecule has 0 N–H and O–H groups in total. The topological polar surface area (TPSA) is 68.3 Å². The second kappa shape index (κ2) is 4.93. The molecule has 24 heavy (non-hydrogen) atoms. The molecular formula is C16H24F2O4S2. The van der Waals surface area contributed by atoms with Crippen molar-refractivity contribution in [2.24, 2.45) is 41.4 Å². The van der Waals surface area contributed by atoms with Crippen LogP contribution in [0.15, 0.2) is 0 Å². The van der Waals surface area contributed by atoms with Crippen molar-refractivity contribution in [3.8, 4) is 0 Å². The van der Waals surface area contributed by atoms with E-state index in [0.717, 1.165) is 12.8 Å². The van der Waals surface area contributed by atoms with Gasteiger partial charge in [-0.2, -0.15) is 8.78 Å². The third-order valence-corrected chi connectivity index (χ3v) is 10.4. The molecule has 138 valence electrons. The first-order chi connectivity index (χ1) is 10.9. The average molecular weight is 382 g/mol. The summed E-state index contributed by atoms with van der Waals surface area (Å²) in [6.45, 7) is 0. The lowest BCUT2D eigenvalue weighted by Crippen LogP contribution is -2.42. The Bertz CT molecular complexity index is 761. The maximum absolute atomic E-state index is 14.0. The van der Waals surface area contributed by atoms with Gasteiger partial charge in [0.1, 0.15) is 0 Å². The van der Waals surface area contributed by atoms with Crippen molar-refractivity contribution >= 4 is 19.7 Å². The maximum Gasteiger partial charge on any atom is 0.345 e. The maximum atomic E-state index is 14.0. The van der Waals surface area contributed by atoms with E-state index in [1.165, 1.54) is 6.26 Å². The quantitative estimate of drug-likeness (QED) is 0.700. The van der Waals surface area contributed by atoms with E-state index in [9.17, 15) is 25.6 Å². The molecule has 0 heterocycles. The molecule has 8 unspecified atom stereocenters. The molecule has 0 aromatic heterocycles. The van der Waals surface area contributed by atoms with Gasteiger partial charge in [0.15, 0.2) is 9.84 Å². The molecule has 4 saturated carbocycles. The number of hydrogen-bond donors (Lipinski definition) is 0. The number of fused-ring (bicyclic) bond motifs is 9. The van der Waals surface area contributed by atoms with E-state index in [-0.39, 0.29) is 23.0 Å². The van der Waals surface area contributed by atoms with E-state index in [2.05, 4.69) is 0 Å². The van der Waals surface area contributed by atoms with Crippen molar-refractivity contribution in [3.63, 3.8) is 0 Å². The standard InChI is InChI=1S/C16H24F2O4S2/c1-23(19,20)13-6-9-5-12(13)15-8-3-10(11(4-8)14(9)15)7-16(17,18)24(2,21)22/h8-15H,3-7H2,1-2H3. The smallest absolute Gasteiger partial charge is 0.229 e. The lowest BCUT2D eigenvalue weighted by molar-refractivity contribution is 0.0252.